The number of carbonyl (C=O) groups excluding carboxylic acids is 1. The van der Waals surface area contributed by atoms with Crippen LogP contribution in [0, 0.1) is 0 Å². The summed E-state index contributed by atoms with van der Waals surface area (Å²) >= 11 is 12.1. The number of rotatable bonds is 7. The molecule has 2 heterocycles. The molecule has 1 amide bonds. The lowest BCUT2D eigenvalue weighted by atomic mass is 10.2. The number of amides is 1. The number of nitrogens with one attached hydrogen (secondary N) is 1. The fraction of sp³-hybridized carbons (Fsp3) is 0.389. The van der Waals surface area contributed by atoms with E-state index < -0.39 is 10.0 Å². The van der Waals surface area contributed by atoms with Crippen molar-refractivity contribution in [1.29, 1.82) is 0 Å². The van der Waals surface area contributed by atoms with Crippen LogP contribution in [0.5, 0.6) is 0 Å². The lowest BCUT2D eigenvalue weighted by Gasteiger charge is -2.34. The average Bonchev–Trinajstić information content (AvgIpc) is 2.71. The Morgan fingerprint density at radius 1 is 1.03 bits per heavy atom. The summed E-state index contributed by atoms with van der Waals surface area (Å²) in [5.74, 6) is 0.519. The quantitative estimate of drug-likeness (QED) is 0.641. The van der Waals surface area contributed by atoms with Gasteiger partial charge in [0.25, 0.3) is 0 Å². The minimum absolute atomic E-state index is 0.00592. The van der Waals surface area contributed by atoms with Crippen LogP contribution in [-0.2, 0) is 14.8 Å². The normalized spacial score (nSPS) is 15.3. The summed E-state index contributed by atoms with van der Waals surface area (Å²) in [6.45, 7) is 1.64. The van der Waals surface area contributed by atoms with Crippen LogP contribution in [0.15, 0.2) is 41.6 Å². The molecule has 1 aromatic carbocycles. The number of aromatic nitrogens is 2. The standard InChI is InChI=1S/C18H21Cl2N5O3S/c19-14-4-1-5-15(20)17(14)29(27,28)25-12-10-24(11-13-25)16(26)6-2-7-21-18-22-8-3-9-23-18/h1,3-5,8-9H,2,6-7,10-13H2,(H,21,22,23). The highest BCUT2D eigenvalue weighted by molar-refractivity contribution is 7.89. The monoisotopic (exact) mass is 457 g/mol. The number of sulfonamides is 1. The molecule has 1 saturated heterocycles. The molecule has 156 valence electrons. The maximum atomic E-state index is 12.9. The van der Waals surface area contributed by atoms with E-state index in [1.54, 1.807) is 29.4 Å². The molecule has 0 unspecified atom stereocenters. The molecule has 0 spiro atoms. The largest absolute Gasteiger partial charge is 0.354 e. The predicted molar refractivity (Wildman–Crippen MR) is 112 cm³/mol. The first-order valence-electron chi connectivity index (χ1n) is 9.12. The molecule has 2 aromatic rings. The van der Waals surface area contributed by atoms with Gasteiger partial charge in [-0.2, -0.15) is 4.31 Å². The second kappa shape index (κ2) is 9.71. The Morgan fingerprint density at radius 2 is 1.66 bits per heavy atom. The van der Waals surface area contributed by atoms with Crippen molar-refractivity contribution in [3.05, 3.63) is 46.7 Å². The van der Waals surface area contributed by atoms with E-state index in [4.69, 9.17) is 23.2 Å². The molecule has 0 saturated carbocycles. The van der Waals surface area contributed by atoms with Gasteiger partial charge < -0.3 is 10.2 Å². The van der Waals surface area contributed by atoms with Crippen LogP contribution < -0.4 is 5.32 Å². The molecule has 0 atom stereocenters. The number of nitrogens with zero attached hydrogens (tertiary/aromatic N) is 4. The summed E-state index contributed by atoms with van der Waals surface area (Å²) in [5, 5.41) is 3.23. The third kappa shape index (κ3) is 5.36. The topological polar surface area (TPSA) is 95.5 Å². The average molecular weight is 458 g/mol. The van der Waals surface area contributed by atoms with Gasteiger partial charge >= 0.3 is 0 Å². The molecule has 1 N–H and O–H groups in total. The Morgan fingerprint density at radius 3 is 2.28 bits per heavy atom. The lowest BCUT2D eigenvalue weighted by molar-refractivity contribution is -0.132. The Kier molecular flexibility index (Phi) is 7.28. The van der Waals surface area contributed by atoms with Gasteiger partial charge in [-0.05, 0) is 24.6 Å². The molecule has 1 aliphatic rings. The first-order chi connectivity index (χ1) is 13.9. The fourth-order valence-corrected chi connectivity index (χ4v) is 5.54. The van der Waals surface area contributed by atoms with Crippen LogP contribution in [0.1, 0.15) is 12.8 Å². The minimum atomic E-state index is -3.82. The molecule has 0 aliphatic carbocycles. The van der Waals surface area contributed by atoms with Crippen molar-refractivity contribution in [2.24, 2.45) is 0 Å². The van der Waals surface area contributed by atoms with Crippen molar-refractivity contribution in [2.75, 3.05) is 38.0 Å². The Balaban J connectivity index is 1.49. The molecular weight excluding hydrogens is 437 g/mol. The third-order valence-electron chi connectivity index (χ3n) is 4.52. The van der Waals surface area contributed by atoms with Crippen LogP contribution in [-0.4, -0.2) is 66.2 Å². The smallest absolute Gasteiger partial charge is 0.246 e. The molecule has 3 rings (SSSR count). The van der Waals surface area contributed by atoms with E-state index in [0.717, 1.165) is 0 Å². The first-order valence-corrected chi connectivity index (χ1v) is 11.3. The first kappa shape index (κ1) is 21.8. The van der Waals surface area contributed by atoms with Crippen LogP contribution in [0.3, 0.4) is 0 Å². The number of benzene rings is 1. The van der Waals surface area contributed by atoms with Crippen molar-refractivity contribution in [3.63, 3.8) is 0 Å². The van der Waals surface area contributed by atoms with E-state index in [0.29, 0.717) is 38.4 Å². The van der Waals surface area contributed by atoms with Gasteiger partial charge in [0.1, 0.15) is 4.90 Å². The van der Waals surface area contributed by atoms with Gasteiger partial charge in [0.2, 0.25) is 21.9 Å². The molecule has 0 radical (unpaired) electrons. The minimum Gasteiger partial charge on any atom is -0.354 e. The van der Waals surface area contributed by atoms with Crippen molar-refractivity contribution >= 4 is 45.1 Å². The highest BCUT2D eigenvalue weighted by Crippen LogP contribution is 2.31. The maximum Gasteiger partial charge on any atom is 0.246 e. The second-order valence-electron chi connectivity index (χ2n) is 6.44. The van der Waals surface area contributed by atoms with Gasteiger partial charge in [0.05, 0.1) is 10.0 Å². The fourth-order valence-electron chi connectivity index (χ4n) is 3.02. The zero-order valence-corrected chi connectivity index (χ0v) is 17.9. The van der Waals surface area contributed by atoms with Gasteiger partial charge in [-0.15, -0.1) is 0 Å². The molecule has 1 aliphatic heterocycles. The third-order valence-corrected chi connectivity index (χ3v) is 7.38. The van der Waals surface area contributed by atoms with Crippen LogP contribution >= 0.6 is 23.2 Å². The van der Waals surface area contributed by atoms with Crippen LogP contribution in [0.2, 0.25) is 10.0 Å². The van der Waals surface area contributed by atoms with E-state index in [-0.39, 0.29) is 33.9 Å². The zero-order valence-electron chi connectivity index (χ0n) is 15.6. The van der Waals surface area contributed by atoms with E-state index in [1.165, 1.54) is 16.4 Å². The Hall–Kier alpha value is -1.94. The number of anilines is 1. The summed E-state index contributed by atoms with van der Waals surface area (Å²) in [5.41, 5.74) is 0. The number of carbonyl (C=O) groups is 1. The maximum absolute atomic E-state index is 12.9. The van der Waals surface area contributed by atoms with E-state index >= 15 is 0 Å². The van der Waals surface area contributed by atoms with Gasteiger partial charge in [-0.25, -0.2) is 18.4 Å². The van der Waals surface area contributed by atoms with Crippen LogP contribution in [0.25, 0.3) is 0 Å². The number of halogens is 2. The summed E-state index contributed by atoms with van der Waals surface area (Å²) in [7, 11) is -3.82. The molecular formula is C18H21Cl2N5O3S. The summed E-state index contributed by atoms with van der Waals surface area (Å²) in [4.78, 5) is 22.1. The van der Waals surface area contributed by atoms with Crippen molar-refractivity contribution in [2.45, 2.75) is 17.7 Å². The molecule has 1 fully saturated rings. The highest BCUT2D eigenvalue weighted by Gasteiger charge is 2.32. The van der Waals surface area contributed by atoms with Crippen molar-refractivity contribution < 1.29 is 13.2 Å². The summed E-state index contributed by atoms with van der Waals surface area (Å²) < 4.78 is 27.1. The van der Waals surface area contributed by atoms with Gasteiger partial charge in [-0.3, -0.25) is 4.79 Å². The van der Waals surface area contributed by atoms with Gasteiger partial charge in [0.15, 0.2) is 0 Å². The number of hydrogen-bond acceptors (Lipinski definition) is 6. The highest BCUT2D eigenvalue weighted by atomic mass is 35.5. The van der Waals surface area contributed by atoms with E-state index in [1.807, 2.05) is 0 Å². The summed E-state index contributed by atoms with van der Waals surface area (Å²) in [6, 6.07) is 6.32. The Bertz CT molecular complexity index is 931. The second-order valence-corrected chi connectivity index (χ2v) is 9.13. The number of hydrogen-bond donors (Lipinski definition) is 1. The van der Waals surface area contributed by atoms with Crippen molar-refractivity contribution in [3.8, 4) is 0 Å². The molecule has 29 heavy (non-hydrogen) atoms. The SMILES string of the molecule is O=C(CCCNc1ncccn1)N1CCN(S(=O)(=O)c2c(Cl)cccc2Cl)CC1. The van der Waals surface area contributed by atoms with Gasteiger partial charge in [0, 0.05) is 51.5 Å². The molecule has 0 bridgehead atoms. The summed E-state index contributed by atoms with van der Waals surface area (Å²) in [6.07, 6.45) is 4.28. The predicted octanol–water partition coefficient (Wildman–Crippen LogP) is 2.51. The van der Waals surface area contributed by atoms with Crippen LogP contribution in [0.4, 0.5) is 5.95 Å². The molecule has 1 aromatic heterocycles. The molecule has 11 heteroatoms. The molecule has 8 nitrogen and oxygen atoms in total. The number of piperazine rings is 1. The van der Waals surface area contributed by atoms with Gasteiger partial charge in [-0.1, -0.05) is 29.3 Å². The zero-order chi connectivity index (χ0) is 20.9. The van der Waals surface area contributed by atoms with Crippen molar-refractivity contribution in [1.82, 2.24) is 19.2 Å². The van der Waals surface area contributed by atoms with E-state index in [2.05, 4.69) is 15.3 Å². The van der Waals surface area contributed by atoms with E-state index in [9.17, 15) is 13.2 Å². The Labute approximate surface area is 179 Å². The lowest BCUT2D eigenvalue weighted by Crippen LogP contribution is -2.50.